The van der Waals surface area contributed by atoms with E-state index in [0.717, 1.165) is 27.3 Å². The maximum atomic E-state index is 14.2. The van der Waals surface area contributed by atoms with Gasteiger partial charge in [0.25, 0.3) is 0 Å². The molecule has 220 valence electrons. The van der Waals surface area contributed by atoms with Crippen LogP contribution in [-0.2, 0) is 32.6 Å². The molecule has 2 amide bonds. The summed E-state index contributed by atoms with van der Waals surface area (Å²) in [6.07, 6.45) is 1.29. The Morgan fingerprint density at radius 3 is 2.20 bits per heavy atom. The normalized spacial score (nSPS) is 12.2. The van der Waals surface area contributed by atoms with Gasteiger partial charge in [-0.1, -0.05) is 79.5 Å². The lowest BCUT2D eigenvalue weighted by Gasteiger charge is -2.34. The second kappa shape index (κ2) is 14.2. The molecular formula is C31H37Cl2N3O4S. The van der Waals surface area contributed by atoms with Crippen molar-refractivity contribution in [1.82, 2.24) is 10.2 Å². The van der Waals surface area contributed by atoms with Crippen molar-refractivity contribution in [2.24, 2.45) is 5.92 Å². The summed E-state index contributed by atoms with van der Waals surface area (Å²) >= 11 is 12.6. The van der Waals surface area contributed by atoms with Crippen molar-refractivity contribution in [1.29, 1.82) is 0 Å². The van der Waals surface area contributed by atoms with Crippen LogP contribution in [0.25, 0.3) is 0 Å². The van der Waals surface area contributed by atoms with Crippen LogP contribution < -0.4 is 9.62 Å². The minimum absolute atomic E-state index is 0.0219. The zero-order valence-corrected chi connectivity index (χ0v) is 26.4. The molecule has 0 unspecified atom stereocenters. The highest BCUT2D eigenvalue weighted by molar-refractivity contribution is 7.92. The number of rotatable bonds is 12. The second-order valence-corrected chi connectivity index (χ2v) is 13.4. The molecule has 0 bridgehead atoms. The van der Waals surface area contributed by atoms with E-state index in [-0.39, 0.29) is 24.8 Å². The molecule has 7 nitrogen and oxygen atoms in total. The first-order valence-electron chi connectivity index (χ1n) is 13.4. The van der Waals surface area contributed by atoms with Gasteiger partial charge in [-0.15, -0.1) is 0 Å². The number of halogens is 2. The molecule has 1 N–H and O–H groups in total. The third-order valence-electron chi connectivity index (χ3n) is 6.77. The molecule has 1 atom stereocenters. The van der Waals surface area contributed by atoms with E-state index in [1.54, 1.807) is 30.3 Å². The van der Waals surface area contributed by atoms with E-state index < -0.39 is 28.5 Å². The van der Waals surface area contributed by atoms with Crippen LogP contribution in [0.3, 0.4) is 0 Å². The summed E-state index contributed by atoms with van der Waals surface area (Å²) in [6.45, 7) is 7.68. The molecule has 0 aliphatic rings. The number of nitrogens with one attached hydrogen (secondary N) is 1. The molecule has 0 aromatic heterocycles. The highest BCUT2D eigenvalue weighted by atomic mass is 35.5. The first-order chi connectivity index (χ1) is 19.3. The molecule has 3 aromatic carbocycles. The third-order valence-corrected chi connectivity index (χ3v) is 8.50. The van der Waals surface area contributed by atoms with Gasteiger partial charge in [0.2, 0.25) is 21.8 Å². The molecule has 10 heteroatoms. The molecule has 41 heavy (non-hydrogen) atoms. The lowest BCUT2D eigenvalue weighted by atomic mass is 10.0. The number of benzene rings is 3. The number of sulfonamides is 1. The number of aryl methyl sites for hydroxylation is 2. The molecule has 3 aromatic rings. The Morgan fingerprint density at radius 1 is 0.927 bits per heavy atom. The van der Waals surface area contributed by atoms with Crippen LogP contribution in [0.15, 0.2) is 66.7 Å². The first kappa shape index (κ1) is 32.4. The Bertz CT molecular complexity index is 1480. The summed E-state index contributed by atoms with van der Waals surface area (Å²) in [5.74, 6) is -0.685. The summed E-state index contributed by atoms with van der Waals surface area (Å²) in [5, 5.41) is 3.73. The smallest absolute Gasteiger partial charge is 0.244 e. The number of nitrogens with zero attached hydrogens (tertiary/aromatic N) is 2. The van der Waals surface area contributed by atoms with Gasteiger partial charge in [-0.2, -0.15) is 0 Å². The summed E-state index contributed by atoms with van der Waals surface area (Å²) in [4.78, 5) is 29.2. The lowest BCUT2D eigenvalue weighted by molar-refractivity contribution is -0.140. The number of hydrogen-bond acceptors (Lipinski definition) is 4. The topological polar surface area (TPSA) is 86.8 Å². The van der Waals surface area contributed by atoms with Crippen LogP contribution in [0.4, 0.5) is 5.69 Å². The average Bonchev–Trinajstić information content (AvgIpc) is 2.90. The number of amides is 2. The minimum Gasteiger partial charge on any atom is -0.354 e. The van der Waals surface area contributed by atoms with E-state index in [4.69, 9.17) is 23.2 Å². The van der Waals surface area contributed by atoms with Crippen LogP contribution in [0.1, 0.15) is 36.1 Å². The molecule has 0 saturated carbocycles. The molecule has 0 spiro atoms. The number of anilines is 1. The van der Waals surface area contributed by atoms with E-state index in [1.165, 1.54) is 4.90 Å². The van der Waals surface area contributed by atoms with Gasteiger partial charge in [-0.3, -0.25) is 13.9 Å². The van der Waals surface area contributed by atoms with E-state index in [9.17, 15) is 18.0 Å². The average molecular weight is 619 g/mol. The van der Waals surface area contributed by atoms with Crippen molar-refractivity contribution < 1.29 is 18.0 Å². The van der Waals surface area contributed by atoms with Crippen molar-refractivity contribution in [3.8, 4) is 0 Å². The van der Waals surface area contributed by atoms with Gasteiger partial charge < -0.3 is 10.2 Å². The third kappa shape index (κ3) is 9.21. The van der Waals surface area contributed by atoms with Crippen molar-refractivity contribution in [3.63, 3.8) is 0 Å². The predicted molar refractivity (Wildman–Crippen MR) is 167 cm³/mol. The van der Waals surface area contributed by atoms with E-state index >= 15 is 0 Å². The van der Waals surface area contributed by atoms with Crippen LogP contribution in [0.2, 0.25) is 10.0 Å². The zero-order valence-electron chi connectivity index (χ0n) is 24.0. The summed E-state index contributed by atoms with van der Waals surface area (Å²) in [7, 11) is -3.85. The van der Waals surface area contributed by atoms with Crippen LogP contribution in [-0.4, -0.2) is 50.5 Å². The van der Waals surface area contributed by atoms with Gasteiger partial charge in [0.05, 0.1) is 11.9 Å². The molecule has 0 radical (unpaired) electrons. The first-order valence-corrected chi connectivity index (χ1v) is 16.0. The SMILES string of the molecule is Cc1ccc(N(CC(=O)N(Cc2ccc(Cl)cc2Cl)[C@@H](Cc2ccccc2)C(=O)NCC(C)C)S(C)(=O)=O)cc1C. The molecule has 0 aliphatic heterocycles. The number of carbonyl (C=O) groups is 2. The van der Waals surface area contributed by atoms with Crippen molar-refractivity contribution in [2.45, 2.75) is 46.7 Å². The van der Waals surface area contributed by atoms with E-state index in [0.29, 0.717) is 27.8 Å². The summed E-state index contributed by atoms with van der Waals surface area (Å²) in [6, 6.07) is 18.6. The largest absolute Gasteiger partial charge is 0.354 e. The fraction of sp³-hybridized carbons (Fsp3) is 0.355. The molecule has 0 saturated heterocycles. The van der Waals surface area contributed by atoms with Crippen molar-refractivity contribution >= 4 is 50.7 Å². The Labute approximate surface area is 253 Å². The van der Waals surface area contributed by atoms with Crippen LogP contribution in [0.5, 0.6) is 0 Å². The molecule has 0 heterocycles. The summed E-state index contributed by atoms with van der Waals surface area (Å²) in [5.41, 5.74) is 3.69. The summed E-state index contributed by atoms with van der Waals surface area (Å²) < 4.78 is 27.0. The van der Waals surface area contributed by atoms with Crippen LogP contribution in [0, 0.1) is 19.8 Å². The highest BCUT2D eigenvalue weighted by Crippen LogP contribution is 2.26. The Morgan fingerprint density at radius 2 is 1.61 bits per heavy atom. The highest BCUT2D eigenvalue weighted by Gasteiger charge is 2.33. The van der Waals surface area contributed by atoms with Gasteiger partial charge in [0, 0.05) is 29.6 Å². The van der Waals surface area contributed by atoms with Gasteiger partial charge in [-0.25, -0.2) is 8.42 Å². The maximum absolute atomic E-state index is 14.2. The number of carbonyl (C=O) groups excluding carboxylic acids is 2. The van der Waals surface area contributed by atoms with Gasteiger partial charge >= 0.3 is 0 Å². The second-order valence-electron chi connectivity index (χ2n) is 10.6. The van der Waals surface area contributed by atoms with Gasteiger partial charge in [-0.05, 0) is 66.3 Å². The lowest BCUT2D eigenvalue weighted by Crippen LogP contribution is -2.53. The fourth-order valence-corrected chi connectivity index (χ4v) is 5.61. The number of hydrogen-bond donors (Lipinski definition) is 1. The quantitative estimate of drug-likeness (QED) is 0.279. The Kier molecular flexibility index (Phi) is 11.2. The monoisotopic (exact) mass is 617 g/mol. The maximum Gasteiger partial charge on any atom is 0.244 e. The van der Waals surface area contributed by atoms with Crippen LogP contribution >= 0.6 is 23.2 Å². The molecule has 3 rings (SSSR count). The molecule has 0 fully saturated rings. The van der Waals surface area contributed by atoms with Gasteiger partial charge in [0.1, 0.15) is 12.6 Å². The van der Waals surface area contributed by atoms with Crippen molar-refractivity contribution in [3.05, 3.63) is 99.0 Å². The minimum atomic E-state index is -3.85. The standard InChI is InChI=1S/C31H37Cl2N3O4S/c1-21(2)18-34-31(38)29(16-24-9-7-6-8-10-24)35(19-25-12-13-26(32)17-28(25)33)30(37)20-36(41(5,39)40)27-14-11-22(3)23(4)15-27/h6-15,17,21,29H,16,18-20H2,1-5H3,(H,34,38)/t29-/m0/s1. The Balaban J connectivity index is 2.08. The predicted octanol–water partition coefficient (Wildman–Crippen LogP) is 5.79. The Hall–Kier alpha value is -3.07. The molecule has 0 aliphatic carbocycles. The fourth-order valence-electron chi connectivity index (χ4n) is 4.30. The van der Waals surface area contributed by atoms with E-state index in [1.807, 2.05) is 64.1 Å². The zero-order chi connectivity index (χ0) is 30.3. The van der Waals surface area contributed by atoms with Gasteiger partial charge in [0.15, 0.2) is 0 Å². The molecular weight excluding hydrogens is 581 g/mol. The van der Waals surface area contributed by atoms with E-state index in [2.05, 4.69) is 5.32 Å². The van der Waals surface area contributed by atoms with Crippen molar-refractivity contribution in [2.75, 3.05) is 23.7 Å².